The highest BCUT2D eigenvalue weighted by molar-refractivity contribution is 8.00. The van der Waals surface area contributed by atoms with Crippen LogP contribution in [0.15, 0.2) is 69.2 Å². The van der Waals surface area contributed by atoms with Gasteiger partial charge in [0.15, 0.2) is 5.69 Å². The Balaban J connectivity index is 1.33. The largest absolute Gasteiger partial charge is 0.501 e. The van der Waals surface area contributed by atoms with Gasteiger partial charge in [-0.05, 0) is 37.1 Å². The van der Waals surface area contributed by atoms with Gasteiger partial charge in [0.2, 0.25) is 11.7 Å². The van der Waals surface area contributed by atoms with E-state index in [2.05, 4.69) is 4.98 Å². The van der Waals surface area contributed by atoms with Gasteiger partial charge in [-0.25, -0.2) is 0 Å². The summed E-state index contributed by atoms with van der Waals surface area (Å²) in [5, 5.41) is 11.2. The van der Waals surface area contributed by atoms with Crippen LogP contribution in [0, 0.1) is 0 Å². The fourth-order valence-corrected chi connectivity index (χ4v) is 6.87. The van der Waals surface area contributed by atoms with Crippen molar-refractivity contribution in [2.45, 2.75) is 35.2 Å². The molecule has 2 aliphatic heterocycles. The molecule has 3 aromatic rings. The molecule has 2 amide bonds. The third-order valence-corrected chi connectivity index (χ3v) is 9.20. The number of thioether (sulfide) groups is 2. The molecular weight excluding hydrogens is 544 g/mol. The van der Waals surface area contributed by atoms with Crippen LogP contribution in [0.25, 0.3) is 0 Å². The number of fused-ring (bicyclic) bond motifs is 1. The Labute approximate surface area is 234 Å². The molecule has 38 heavy (non-hydrogen) atoms. The monoisotopic (exact) mass is 570 g/mol. The van der Waals surface area contributed by atoms with Crippen molar-refractivity contribution in [1.29, 1.82) is 0 Å². The van der Waals surface area contributed by atoms with Crippen molar-refractivity contribution < 1.29 is 14.7 Å². The first-order chi connectivity index (χ1) is 18.4. The van der Waals surface area contributed by atoms with Gasteiger partial charge in [0.25, 0.3) is 5.91 Å². The topological polar surface area (TPSA) is 95.7 Å². The van der Waals surface area contributed by atoms with Crippen LogP contribution >= 0.6 is 35.1 Å². The lowest BCUT2D eigenvalue weighted by atomic mass is 10.1. The second-order valence-electron chi connectivity index (χ2n) is 9.04. The minimum atomic E-state index is -0.843. The fraction of sp³-hybridized carbons (Fsp3) is 0.333. The van der Waals surface area contributed by atoms with Gasteiger partial charge < -0.3 is 19.5 Å². The summed E-state index contributed by atoms with van der Waals surface area (Å²) in [5.41, 5.74) is -0.884. The second-order valence-corrected chi connectivity index (χ2v) is 11.6. The van der Waals surface area contributed by atoms with Crippen molar-refractivity contribution in [3.05, 3.63) is 81.5 Å². The molecule has 1 aromatic heterocycles. The summed E-state index contributed by atoms with van der Waals surface area (Å²) in [7, 11) is 0. The molecule has 0 radical (unpaired) electrons. The number of hydrogen-bond donors (Lipinski definition) is 1. The van der Waals surface area contributed by atoms with Crippen LogP contribution in [0.3, 0.4) is 0 Å². The van der Waals surface area contributed by atoms with Gasteiger partial charge in [0.05, 0.1) is 16.8 Å². The molecule has 0 bridgehead atoms. The fourth-order valence-electron chi connectivity index (χ4n) is 4.85. The molecule has 2 aliphatic rings. The second kappa shape index (κ2) is 11.8. The number of rotatable bonds is 8. The average Bonchev–Trinajstić information content (AvgIpc) is 3.42. The zero-order chi connectivity index (χ0) is 26.6. The molecule has 3 heterocycles. The Morgan fingerprint density at radius 2 is 1.79 bits per heavy atom. The summed E-state index contributed by atoms with van der Waals surface area (Å²) in [6.07, 6.45) is 1.39. The third-order valence-electron chi connectivity index (χ3n) is 6.70. The molecule has 1 atom stereocenters. The van der Waals surface area contributed by atoms with Crippen LogP contribution in [0.5, 0.6) is 5.75 Å². The SMILES string of the molecule is O=C1c2c(O)c(=O)nc(C3CCCN3C(=O)CSc3ccccc3Cl)n2CCN1CCSc1ccccc1. The van der Waals surface area contributed by atoms with Gasteiger partial charge in [-0.1, -0.05) is 41.9 Å². The van der Waals surface area contributed by atoms with Crippen LogP contribution in [0.1, 0.15) is 35.2 Å². The van der Waals surface area contributed by atoms with Gasteiger partial charge in [0.1, 0.15) is 5.82 Å². The molecule has 5 rings (SSSR count). The van der Waals surface area contributed by atoms with Crippen LogP contribution in [0.4, 0.5) is 0 Å². The standard InChI is InChI=1S/C27H27ClN4O4S2/c28-19-9-4-5-11-21(19)38-17-22(33)31-12-6-10-20(31)25-29-26(35)24(34)23-27(36)30(13-14-32(23)25)15-16-37-18-7-2-1-3-8-18/h1-5,7-9,11,20,34H,6,10,12-17H2. The first kappa shape index (κ1) is 26.6. The van der Waals surface area contributed by atoms with Crippen molar-refractivity contribution in [3.8, 4) is 5.75 Å². The predicted molar refractivity (Wildman–Crippen MR) is 149 cm³/mol. The smallest absolute Gasteiger partial charge is 0.315 e. The van der Waals surface area contributed by atoms with Gasteiger partial charge in [-0.3, -0.25) is 14.4 Å². The number of aromatic nitrogens is 2. The van der Waals surface area contributed by atoms with E-state index in [1.807, 2.05) is 48.5 Å². The zero-order valence-corrected chi connectivity index (χ0v) is 23.0. The maximum Gasteiger partial charge on any atom is 0.315 e. The number of benzene rings is 2. The Hall–Kier alpha value is -2.95. The van der Waals surface area contributed by atoms with E-state index >= 15 is 0 Å². The molecule has 0 aliphatic carbocycles. The summed E-state index contributed by atoms with van der Waals surface area (Å²) < 4.78 is 1.64. The Kier molecular flexibility index (Phi) is 8.30. The molecule has 2 aromatic carbocycles. The lowest BCUT2D eigenvalue weighted by molar-refractivity contribution is -0.129. The molecule has 0 saturated carbocycles. The molecule has 0 spiro atoms. The van der Waals surface area contributed by atoms with Crippen molar-refractivity contribution in [2.75, 3.05) is 31.1 Å². The number of likely N-dealkylation sites (tertiary alicyclic amines) is 1. The molecule has 11 heteroatoms. The van der Waals surface area contributed by atoms with Crippen molar-refractivity contribution in [3.63, 3.8) is 0 Å². The van der Waals surface area contributed by atoms with E-state index in [-0.39, 0.29) is 17.4 Å². The molecule has 8 nitrogen and oxygen atoms in total. The predicted octanol–water partition coefficient (Wildman–Crippen LogP) is 4.31. The van der Waals surface area contributed by atoms with Gasteiger partial charge in [0, 0.05) is 41.7 Å². The van der Waals surface area contributed by atoms with E-state index in [9.17, 15) is 19.5 Å². The summed E-state index contributed by atoms with van der Waals surface area (Å²) in [5.74, 6) is 0.130. The number of hydrogen-bond acceptors (Lipinski definition) is 7. The highest BCUT2D eigenvalue weighted by Gasteiger charge is 2.37. The van der Waals surface area contributed by atoms with E-state index in [0.717, 1.165) is 16.2 Å². The highest BCUT2D eigenvalue weighted by atomic mass is 35.5. The quantitative estimate of drug-likeness (QED) is 0.403. The van der Waals surface area contributed by atoms with Crippen LogP contribution in [-0.4, -0.2) is 67.4 Å². The molecule has 1 unspecified atom stereocenters. The minimum Gasteiger partial charge on any atom is -0.501 e. The minimum absolute atomic E-state index is 0.0410. The van der Waals surface area contributed by atoms with Crippen molar-refractivity contribution in [2.24, 2.45) is 0 Å². The lowest BCUT2D eigenvalue weighted by Crippen LogP contribution is -2.45. The molecule has 1 N–H and O–H groups in total. The first-order valence-electron chi connectivity index (χ1n) is 12.4. The number of halogens is 1. The zero-order valence-electron chi connectivity index (χ0n) is 20.6. The Morgan fingerprint density at radius 1 is 1.03 bits per heavy atom. The Bertz CT molecular complexity index is 1400. The van der Waals surface area contributed by atoms with E-state index in [0.29, 0.717) is 49.2 Å². The number of carbonyl (C=O) groups excluding carboxylic acids is 2. The maximum atomic E-state index is 13.4. The van der Waals surface area contributed by atoms with E-state index in [1.54, 1.807) is 32.2 Å². The molecule has 1 saturated heterocycles. The van der Waals surface area contributed by atoms with Gasteiger partial charge in [-0.2, -0.15) is 4.98 Å². The molecule has 1 fully saturated rings. The summed E-state index contributed by atoms with van der Waals surface area (Å²) >= 11 is 9.25. The number of nitrogens with zero attached hydrogens (tertiary/aromatic N) is 4. The normalized spacial score (nSPS) is 17.1. The summed E-state index contributed by atoms with van der Waals surface area (Å²) in [6.45, 7) is 1.84. The highest BCUT2D eigenvalue weighted by Crippen LogP contribution is 2.35. The summed E-state index contributed by atoms with van der Waals surface area (Å²) in [4.78, 5) is 48.7. The van der Waals surface area contributed by atoms with Crippen molar-refractivity contribution >= 4 is 46.9 Å². The van der Waals surface area contributed by atoms with Crippen LogP contribution < -0.4 is 5.56 Å². The van der Waals surface area contributed by atoms with Gasteiger partial charge in [-0.15, -0.1) is 23.5 Å². The van der Waals surface area contributed by atoms with E-state index < -0.39 is 23.3 Å². The van der Waals surface area contributed by atoms with Gasteiger partial charge >= 0.3 is 5.56 Å². The van der Waals surface area contributed by atoms with Crippen LogP contribution in [-0.2, 0) is 11.3 Å². The Morgan fingerprint density at radius 3 is 2.58 bits per heavy atom. The number of aromatic hydroxyl groups is 1. The van der Waals surface area contributed by atoms with Crippen molar-refractivity contribution in [1.82, 2.24) is 19.4 Å². The maximum absolute atomic E-state index is 13.4. The number of amides is 2. The molecular formula is C27H27ClN4O4S2. The lowest BCUT2D eigenvalue weighted by Gasteiger charge is -2.33. The van der Waals surface area contributed by atoms with E-state index in [4.69, 9.17) is 11.6 Å². The van der Waals surface area contributed by atoms with Crippen LogP contribution in [0.2, 0.25) is 5.02 Å². The average molecular weight is 571 g/mol. The molecule has 198 valence electrons. The van der Waals surface area contributed by atoms with E-state index in [1.165, 1.54) is 11.8 Å². The third kappa shape index (κ3) is 5.57. The first-order valence-corrected chi connectivity index (χ1v) is 14.8. The number of carbonyl (C=O) groups is 2. The summed E-state index contributed by atoms with van der Waals surface area (Å²) in [6, 6.07) is 16.9.